The smallest absolute Gasteiger partial charge is 0.314 e. The van der Waals surface area contributed by atoms with Crippen molar-refractivity contribution in [2.45, 2.75) is 32.0 Å². The summed E-state index contributed by atoms with van der Waals surface area (Å²) in [5.74, 6) is 0. The summed E-state index contributed by atoms with van der Waals surface area (Å²) in [5, 5.41) is 3.22. The number of hydrogen-bond acceptors (Lipinski definition) is 3. The highest BCUT2D eigenvalue weighted by Gasteiger charge is 2.31. The van der Waals surface area contributed by atoms with Crippen LogP contribution >= 0.6 is 24.8 Å². The Balaban J connectivity index is 0.00000220. The zero-order chi connectivity index (χ0) is 14.6. The van der Waals surface area contributed by atoms with Crippen molar-refractivity contribution in [2.75, 3.05) is 26.2 Å². The van der Waals surface area contributed by atoms with Crippen LogP contribution in [0.1, 0.15) is 30.3 Å². The third kappa shape index (κ3) is 6.69. The summed E-state index contributed by atoms with van der Waals surface area (Å²) in [6, 6.07) is 5.30. The fourth-order valence-corrected chi connectivity index (χ4v) is 2.56. The second-order valence-electron chi connectivity index (χ2n) is 5.16. The van der Waals surface area contributed by atoms with Gasteiger partial charge in [0.05, 0.1) is 11.7 Å². The largest absolute Gasteiger partial charge is 0.389 e. The van der Waals surface area contributed by atoms with Gasteiger partial charge in [-0.2, -0.15) is 13.2 Å². The molecular weight excluding hydrogens is 338 g/mol. The number of alkyl halides is 3. The Morgan fingerprint density at radius 2 is 1.86 bits per heavy atom. The van der Waals surface area contributed by atoms with E-state index in [4.69, 9.17) is 0 Å². The average Bonchev–Trinajstić information content (AvgIpc) is 2.39. The van der Waals surface area contributed by atoms with Crippen molar-refractivity contribution in [1.82, 2.24) is 15.2 Å². The molecule has 0 amide bonds. The van der Waals surface area contributed by atoms with Gasteiger partial charge in [0, 0.05) is 38.3 Å². The molecule has 1 aliphatic rings. The lowest BCUT2D eigenvalue weighted by molar-refractivity contribution is -0.138. The Bertz CT molecular complexity index is 438. The van der Waals surface area contributed by atoms with Crippen LogP contribution in [0.25, 0.3) is 0 Å². The number of halogens is 5. The van der Waals surface area contributed by atoms with Crippen LogP contribution in [0.15, 0.2) is 18.2 Å². The van der Waals surface area contributed by atoms with Crippen LogP contribution < -0.4 is 5.32 Å². The molecule has 1 aromatic rings. The number of nitrogens with one attached hydrogen (secondary N) is 1. The predicted octanol–water partition coefficient (Wildman–Crippen LogP) is 3.52. The minimum Gasteiger partial charge on any atom is -0.314 e. The number of hydrogen-bond donors (Lipinski definition) is 1. The van der Waals surface area contributed by atoms with Gasteiger partial charge >= 0.3 is 6.18 Å². The molecule has 0 bridgehead atoms. The molecule has 0 aliphatic carbocycles. The molecule has 1 fully saturated rings. The van der Waals surface area contributed by atoms with Crippen LogP contribution in [0, 0.1) is 6.92 Å². The molecule has 128 valence electrons. The lowest BCUT2D eigenvalue weighted by Gasteiger charge is -2.35. The molecule has 1 saturated heterocycles. The third-order valence-corrected chi connectivity index (χ3v) is 3.54. The van der Waals surface area contributed by atoms with Crippen LogP contribution in [0.2, 0.25) is 0 Å². The van der Waals surface area contributed by atoms with Gasteiger partial charge in [-0.25, -0.2) is 0 Å². The number of pyridine rings is 1. The fourth-order valence-electron chi connectivity index (χ4n) is 2.56. The number of aromatic nitrogens is 1. The molecule has 0 unspecified atom stereocenters. The van der Waals surface area contributed by atoms with Crippen molar-refractivity contribution in [2.24, 2.45) is 0 Å². The second kappa shape index (κ2) is 9.55. The molecule has 3 nitrogen and oxygen atoms in total. The normalized spacial score (nSPS) is 17.3. The summed E-state index contributed by atoms with van der Waals surface area (Å²) in [6.07, 6.45) is -4.81. The zero-order valence-corrected chi connectivity index (χ0v) is 14.0. The zero-order valence-electron chi connectivity index (χ0n) is 12.4. The van der Waals surface area contributed by atoms with Crippen LogP contribution in [0.4, 0.5) is 13.2 Å². The van der Waals surface area contributed by atoms with E-state index in [0.29, 0.717) is 0 Å². The maximum absolute atomic E-state index is 12.5. The summed E-state index contributed by atoms with van der Waals surface area (Å²) in [6.45, 7) is 5.01. The fraction of sp³-hybridized carbons (Fsp3) is 0.643. The Kier molecular flexibility index (Phi) is 9.31. The van der Waals surface area contributed by atoms with Crippen LogP contribution in [0.3, 0.4) is 0 Å². The SMILES string of the molecule is Cc1cccc([C@H](CCC(F)(F)F)N2CCNCC2)n1.Cl.Cl. The van der Waals surface area contributed by atoms with E-state index in [1.54, 1.807) is 0 Å². The first kappa shape index (κ1) is 21.4. The molecule has 0 aromatic carbocycles. The molecular formula is C14H22Cl2F3N3. The van der Waals surface area contributed by atoms with Crippen molar-refractivity contribution in [3.63, 3.8) is 0 Å². The highest BCUT2D eigenvalue weighted by Crippen LogP contribution is 2.30. The molecule has 1 atom stereocenters. The molecule has 0 saturated carbocycles. The molecule has 1 aromatic heterocycles. The van der Waals surface area contributed by atoms with Gasteiger partial charge in [0.25, 0.3) is 0 Å². The second-order valence-corrected chi connectivity index (χ2v) is 5.16. The maximum Gasteiger partial charge on any atom is 0.389 e. The van der Waals surface area contributed by atoms with Gasteiger partial charge in [-0.05, 0) is 25.5 Å². The van der Waals surface area contributed by atoms with E-state index < -0.39 is 12.6 Å². The molecule has 22 heavy (non-hydrogen) atoms. The number of rotatable bonds is 4. The maximum atomic E-state index is 12.5. The van der Waals surface area contributed by atoms with Crippen molar-refractivity contribution >= 4 is 24.8 Å². The quantitative estimate of drug-likeness (QED) is 0.891. The van der Waals surface area contributed by atoms with Gasteiger partial charge in [-0.15, -0.1) is 24.8 Å². The van der Waals surface area contributed by atoms with E-state index in [1.807, 2.05) is 25.1 Å². The molecule has 0 radical (unpaired) electrons. The molecule has 1 N–H and O–H groups in total. The molecule has 2 rings (SSSR count). The molecule has 1 aliphatic heterocycles. The first-order valence-corrected chi connectivity index (χ1v) is 6.91. The minimum absolute atomic E-state index is 0. The lowest BCUT2D eigenvalue weighted by Crippen LogP contribution is -2.45. The van der Waals surface area contributed by atoms with E-state index >= 15 is 0 Å². The highest BCUT2D eigenvalue weighted by atomic mass is 35.5. The standard InChI is InChI=1S/C14H20F3N3.2ClH/c1-11-3-2-4-12(19-11)13(5-6-14(15,16)17)20-9-7-18-8-10-20;;/h2-4,13,18H,5-10H2,1H3;2*1H/t13-;;/m0../s1. The van der Waals surface area contributed by atoms with Gasteiger partial charge in [0.2, 0.25) is 0 Å². The van der Waals surface area contributed by atoms with Gasteiger partial charge in [0.15, 0.2) is 0 Å². The Labute approximate surface area is 141 Å². The Hall–Kier alpha value is -0.560. The number of aryl methyl sites for hydroxylation is 1. The van der Waals surface area contributed by atoms with E-state index in [2.05, 4.69) is 15.2 Å². The van der Waals surface area contributed by atoms with Crippen molar-refractivity contribution in [3.05, 3.63) is 29.6 Å². The average molecular weight is 360 g/mol. The van der Waals surface area contributed by atoms with Crippen LogP contribution in [0.5, 0.6) is 0 Å². The summed E-state index contributed by atoms with van der Waals surface area (Å²) in [7, 11) is 0. The summed E-state index contributed by atoms with van der Waals surface area (Å²) < 4.78 is 37.6. The van der Waals surface area contributed by atoms with Crippen molar-refractivity contribution in [1.29, 1.82) is 0 Å². The summed E-state index contributed by atoms with van der Waals surface area (Å²) >= 11 is 0. The van der Waals surface area contributed by atoms with Gasteiger partial charge in [-0.1, -0.05) is 6.07 Å². The topological polar surface area (TPSA) is 28.2 Å². The first-order valence-electron chi connectivity index (χ1n) is 6.91. The Morgan fingerprint density at radius 1 is 1.23 bits per heavy atom. The number of piperazine rings is 1. The van der Waals surface area contributed by atoms with Crippen molar-refractivity contribution < 1.29 is 13.2 Å². The Morgan fingerprint density at radius 3 is 2.41 bits per heavy atom. The third-order valence-electron chi connectivity index (χ3n) is 3.54. The lowest BCUT2D eigenvalue weighted by atomic mass is 10.0. The van der Waals surface area contributed by atoms with Gasteiger partial charge in [0.1, 0.15) is 0 Å². The van der Waals surface area contributed by atoms with E-state index in [0.717, 1.165) is 37.6 Å². The molecule has 8 heteroatoms. The van der Waals surface area contributed by atoms with E-state index in [1.165, 1.54) is 0 Å². The highest BCUT2D eigenvalue weighted by molar-refractivity contribution is 5.85. The van der Waals surface area contributed by atoms with Crippen LogP contribution in [-0.2, 0) is 0 Å². The van der Waals surface area contributed by atoms with E-state index in [-0.39, 0.29) is 37.3 Å². The minimum atomic E-state index is -4.11. The van der Waals surface area contributed by atoms with Gasteiger partial charge in [-0.3, -0.25) is 9.88 Å². The van der Waals surface area contributed by atoms with Crippen molar-refractivity contribution in [3.8, 4) is 0 Å². The van der Waals surface area contributed by atoms with Gasteiger partial charge < -0.3 is 5.32 Å². The molecule has 2 heterocycles. The first-order chi connectivity index (χ1) is 9.46. The summed E-state index contributed by atoms with van der Waals surface area (Å²) in [4.78, 5) is 6.52. The number of nitrogens with zero attached hydrogens (tertiary/aromatic N) is 2. The van der Waals surface area contributed by atoms with Crippen LogP contribution in [-0.4, -0.2) is 42.2 Å². The molecule has 0 spiro atoms. The van der Waals surface area contributed by atoms with E-state index in [9.17, 15) is 13.2 Å². The predicted molar refractivity (Wildman–Crippen MR) is 85.9 cm³/mol. The monoisotopic (exact) mass is 359 g/mol. The summed E-state index contributed by atoms with van der Waals surface area (Å²) in [5.41, 5.74) is 1.59.